The molecule has 0 N–H and O–H groups in total. The largest absolute Gasteiger partial charge is 2.00 e. The summed E-state index contributed by atoms with van der Waals surface area (Å²) in [6.07, 6.45) is 0. The van der Waals surface area contributed by atoms with E-state index in [9.17, 15) is 0 Å². The molecule has 0 aliphatic heterocycles. The van der Waals surface area contributed by atoms with E-state index in [4.69, 9.17) is 24.4 Å². The Morgan fingerprint density at radius 1 is 0.400 bits per heavy atom. The first-order valence-electron chi connectivity index (χ1n) is 19.6. The predicted molar refractivity (Wildman–Crippen MR) is 238 cm³/mol. The summed E-state index contributed by atoms with van der Waals surface area (Å²) < 4.78 is 6.53. The average Bonchev–Trinajstić information content (AvgIpc) is 3.72. The van der Waals surface area contributed by atoms with Crippen LogP contribution in [-0.2, 0) is 0 Å². The Kier molecular flexibility index (Phi) is 9.95. The van der Waals surface area contributed by atoms with Gasteiger partial charge in [0.15, 0.2) is 23.1 Å². The molecule has 11 rings (SSSR count). The van der Waals surface area contributed by atoms with Gasteiger partial charge < -0.3 is 4.42 Å². The van der Waals surface area contributed by atoms with Crippen molar-refractivity contribution in [3.05, 3.63) is 206 Å². The molecule has 0 fully saturated rings. The molecule has 0 aliphatic carbocycles. The number of furan rings is 1. The molecule has 0 radical (unpaired) electrons. The Hall–Kier alpha value is -6.97. The summed E-state index contributed by atoms with van der Waals surface area (Å²) in [6, 6.07) is 72.7. The molecule has 0 saturated carbocycles. The maximum atomic E-state index is 6.53. The van der Waals surface area contributed by atoms with Crippen molar-refractivity contribution in [1.29, 1.82) is 0 Å². The molecule has 6 heteroatoms. The zero-order chi connectivity index (χ0) is 39.1. The molecular formula is C54H32N4OU. The number of hydrogen-bond donors (Lipinski definition) is 0. The Bertz CT molecular complexity index is 3310. The second kappa shape index (κ2) is 16.0. The number of fused-ring (bicyclic) bond motifs is 5. The molecule has 0 bridgehead atoms. The van der Waals surface area contributed by atoms with Gasteiger partial charge in [-0.25, -0.2) is 25.5 Å². The van der Waals surface area contributed by atoms with E-state index in [1.54, 1.807) is 0 Å². The van der Waals surface area contributed by atoms with Crippen LogP contribution in [0.3, 0.4) is 0 Å². The topological polar surface area (TPSA) is 64.7 Å². The van der Waals surface area contributed by atoms with E-state index < -0.39 is 0 Å². The van der Waals surface area contributed by atoms with Gasteiger partial charge in [-0.1, -0.05) is 145 Å². The van der Waals surface area contributed by atoms with Gasteiger partial charge in [0.25, 0.3) is 0 Å². The number of aromatic nitrogens is 4. The van der Waals surface area contributed by atoms with Crippen LogP contribution in [0.4, 0.5) is 0 Å². The van der Waals surface area contributed by atoms with Gasteiger partial charge in [0.1, 0.15) is 11.3 Å². The number of hydrogen-bond acceptors (Lipinski definition) is 5. The Balaban J connectivity index is 0.00000433. The fourth-order valence-electron chi connectivity index (χ4n) is 7.86. The molecule has 0 aliphatic rings. The molecule has 0 atom stereocenters. The van der Waals surface area contributed by atoms with Crippen LogP contribution < -0.4 is 0 Å². The normalized spacial score (nSPS) is 11.2. The van der Waals surface area contributed by atoms with E-state index in [-0.39, 0.29) is 31.1 Å². The van der Waals surface area contributed by atoms with Crippen molar-refractivity contribution in [2.24, 2.45) is 0 Å². The van der Waals surface area contributed by atoms with Crippen LogP contribution in [0, 0.1) is 43.2 Å². The van der Waals surface area contributed by atoms with E-state index in [1.807, 2.05) is 78.9 Å². The van der Waals surface area contributed by atoms with Crippen molar-refractivity contribution in [3.63, 3.8) is 0 Å². The Labute approximate surface area is 370 Å². The van der Waals surface area contributed by atoms with Gasteiger partial charge in [0, 0.05) is 44.0 Å². The third kappa shape index (κ3) is 6.90. The van der Waals surface area contributed by atoms with Crippen LogP contribution in [0.25, 0.3) is 112 Å². The molecule has 0 spiro atoms. The van der Waals surface area contributed by atoms with Gasteiger partial charge in [0.2, 0.25) is 0 Å². The second-order valence-corrected chi connectivity index (χ2v) is 14.4. The number of rotatable bonds is 7. The summed E-state index contributed by atoms with van der Waals surface area (Å²) in [5, 5.41) is 3.16. The summed E-state index contributed by atoms with van der Waals surface area (Å²) in [4.78, 5) is 20.6. The average molecular weight is 991 g/mol. The maximum Gasteiger partial charge on any atom is 2.00 e. The van der Waals surface area contributed by atoms with Crippen molar-refractivity contribution in [2.45, 2.75) is 0 Å². The van der Waals surface area contributed by atoms with Crippen LogP contribution in [0.2, 0.25) is 0 Å². The minimum Gasteiger partial charge on any atom is -0.454 e. The van der Waals surface area contributed by atoms with Gasteiger partial charge in [-0.15, -0.1) is 23.8 Å². The third-order valence-electron chi connectivity index (χ3n) is 10.7. The van der Waals surface area contributed by atoms with Crippen molar-refractivity contribution in [3.8, 4) is 78.8 Å². The first-order chi connectivity index (χ1) is 29.2. The van der Waals surface area contributed by atoms with Gasteiger partial charge >= 0.3 is 31.1 Å². The third-order valence-corrected chi connectivity index (χ3v) is 10.7. The van der Waals surface area contributed by atoms with Gasteiger partial charge in [-0.3, -0.25) is 0 Å². The van der Waals surface area contributed by atoms with Crippen LogP contribution in [0.5, 0.6) is 0 Å². The molecule has 0 amide bonds. The molecule has 0 unspecified atom stereocenters. The summed E-state index contributed by atoms with van der Waals surface area (Å²) in [5.41, 5.74) is 13.1. The molecular weight excluding hydrogens is 959 g/mol. The summed E-state index contributed by atoms with van der Waals surface area (Å²) in [5.74, 6) is 1.78. The maximum absolute atomic E-state index is 6.53. The number of nitrogens with zero attached hydrogens (tertiary/aromatic N) is 4. The zero-order valence-electron chi connectivity index (χ0n) is 32.2. The van der Waals surface area contributed by atoms with Crippen molar-refractivity contribution in [1.82, 2.24) is 19.9 Å². The fourth-order valence-corrected chi connectivity index (χ4v) is 7.86. The van der Waals surface area contributed by atoms with E-state index in [0.29, 0.717) is 17.5 Å². The Morgan fingerprint density at radius 3 is 1.73 bits per heavy atom. The molecule has 278 valence electrons. The number of benzene rings is 8. The molecule has 8 aromatic carbocycles. The van der Waals surface area contributed by atoms with Gasteiger partial charge in [-0.05, 0) is 17.7 Å². The molecule has 0 saturated heterocycles. The Morgan fingerprint density at radius 2 is 0.967 bits per heavy atom. The molecule has 11 aromatic rings. The monoisotopic (exact) mass is 990 g/mol. The van der Waals surface area contributed by atoms with Crippen LogP contribution in [0.15, 0.2) is 199 Å². The molecule has 3 heterocycles. The predicted octanol–water partition coefficient (Wildman–Crippen LogP) is 13.6. The van der Waals surface area contributed by atoms with E-state index in [0.717, 1.165) is 94.2 Å². The minimum absolute atomic E-state index is 0. The van der Waals surface area contributed by atoms with Crippen molar-refractivity contribution < 1.29 is 35.5 Å². The zero-order valence-corrected chi connectivity index (χ0v) is 36.3. The van der Waals surface area contributed by atoms with E-state index in [1.165, 1.54) is 0 Å². The molecule has 3 aromatic heterocycles. The first kappa shape index (κ1) is 37.3. The molecule has 5 nitrogen and oxygen atoms in total. The smallest absolute Gasteiger partial charge is 0.454 e. The fraction of sp³-hybridized carbons (Fsp3) is 0. The first-order valence-corrected chi connectivity index (χ1v) is 19.6. The number of para-hydroxylation sites is 2. The quantitative estimate of drug-likeness (QED) is 0.149. The van der Waals surface area contributed by atoms with Crippen molar-refractivity contribution >= 4 is 32.8 Å². The summed E-state index contributed by atoms with van der Waals surface area (Å²) in [6.45, 7) is 0. The number of pyridine rings is 1. The SMILES string of the molecule is [U+2].[c-]1ccccc1-c1[c-]c(-c2ccc(-c3nc(-c4ccccc4)nc(-c4cccc(-c5cccc6c5nc(-c5ccccc5)c5oc7ccccc7c56)c4)n3)cc2)ccc1. The van der Waals surface area contributed by atoms with Crippen LogP contribution in [-0.4, -0.2) is 19.9 Å². The van der Waals surface area contributed by atoms with Crippen LogP contribution >= 0.6 is 0 Å². The summed E-state index contributed by atoms with van der Waals surface area (Å²) >= 11 is 0. The van der Waals surface area contributed by atoms with Gasteiger partial charge in [-0.2, -0.15) is 42.0 Å². The van der Waals surface area contributed by atoms with Crippen LogP contribution in [0.1, 0.15) is 0 Å². The standard InChI is InChI=1S/C54H32N4O.U/c1-4-15-35(16-5-1)40-21-12-22-41(33-40)36-29-31-39(32-30-36)53-56-52(38-19-8-3-9-20-38)57-54(58-53)43-24-13-23-42(34-43)44-26-14-27-46-48-45-25-10-11-28-47(45)59-51(48)49(55-50(44)46)37-17-6-2-7-18-37;/h1-15,17-32,34H;/q-2;+2. The van der Waals surface area contributed by atoms with Gasteiger partial charge in [0.05, 0.1) is 5.52 Å². The molecule has 60 heavy (non-hydrogen) atoms. The second-order valence-electron chi connectivity index (χ2n) is 14.4. The minimum atomic E-state index is 0. The summed E-state index contributed by atoms with van der Waals surface area (Å²) in [7, 11) is 0. The van der Waals surface area contributed by atoms with Crippen molar-refractivity contribution in [2.75, 3.05) is 0 Å². The van der Waals surface area contributed by atoms with E-state index >= 15 is 0 Å². The van der Waals surface area contributed by atoms with E-state index in [2.05, 4.69) is 127 Å².